The normalized spacial score (nSPS) is 12.5. The van der Waals surface area contributed by atoms with Crippen LogP contribution in [0.3, 0.4) is 0 Å². The smallest absolute Gasteiger partial charge is 0.410 e. The number of amides is 4. The summed E-state index contributed by atoms with van der Waals surface area (Å²) in [6, 6.07) is 19.8. The molecule has 0 radical (unpaired) electrons. The summed E-state index contributed by atoms with van der Waals surface area (Å²) in [6.07, 6.45) is 0.301. The summed E-state index contributed by atoms with van der Waals surface area (Å²) in [4.78, 5) is 51.6. The highest BCUT2D eigenvalue weighted by atomic mass is 32.2. The molecule has 49 heavy (non-hydrogen) atoms. The monoisotopic (exact) mass is 692 g/mol. The summed E-state index contributed by atoms with van der Waals surface area (Å²) < 4.78 is 38.5. The van der Waals surface area contributed by atoms with E-state index in [0.29, 0.717) is 16.8 Å². The van der Waals surface area contributed by atoms with Crippen LogP contribution in [0.1, 0.15) is 35.1 Å². The van der Waals surface area contributed by atoms with Gasteiger partial charge in [0.1, 0.15) is 35.7 Å². The molecule has 260 valence electrons. The van der Waals surface area contributed by atoms with Crippen molar-refractivity contribution in [3.8, 4) is 11.1 Å². The maximum Gasteiger partial charge on any atom is 0.410 e. The SMILES string of the molecule is C=CCOC(=O)N(C)Cc1cc(NC(=O)[C@H](C)NC(=O)OCC2c3ccccc3-c3ccccc32)ccc1COC(=O)NCCS(C)(=O)=O. The van der Waals surface area contributed by atoms with Gasteiger partial charge in [-0.3, -0.25) is 4.79 Å². The van der Waals surface area contributed by atoms with E-state index < -0.39 is 40.1 Å². The Morgan fingerprint density at radius 3 is 2.20 bits per heavy atom. The molecule has 0 unspecified atom stereocenters. The van der Waals surface area contributed by atoms with Crippen LogP contribution in [0.25, 0.3) is 11.1 Å². The lowest BCUT2D eigenvalue weighted by molar-refractivity contribution is -0.117. The topological polar surface area (TPSA) is 169 Å². The van der Waals surface area contributed by atoms with E-state index >= 15 is 0 Å². The number of anilines is 1. The van der Waals surface area contributed by atoms with Gasteiger partial charge in [0.25, 0.3) is 0 Å². The number of fused-ring (bicyclic) bond motifs is 3. The Bertz CT molecular complexity index is 1770. The van der Waals surface area contributed by atoms with E-state index in [1.165, 1.54) is 24.9 Å². The van der Waals surface area contributed by atoms with E-state index in [2.05, 4.69) is 22.5 Å². The average Bonchev–Trinajstić information content (AvgIpc) is 3.38. The molecule has 14 heteroatoms. The fourth-order valence-corrected chi connectivity index (χ4v) is 5.69. The third-order valence-electron chi connectivity index (χ3n) is 7.69. The van der Waals surface area contributed by atoms with Crippen LogP contribution < -0.4 is 16.0 Å². The molecule has 3 aromatic rings. The number of rotatable bonds is 14. The molecule has 0 saturated heterocycles. The van der Waals surface area contributed by atoms with Gasteiger partial charge in [0, 0.05) is 38.0 Å². The molecule has 0 spiro atoms. The number of carbonyl (C=O) groups is 4. The Hall–Kier alpha value is -5.37. The number of carbonyl (C=O) groups excluding carboxylic acids is 4. The van der Waals surface area contributed by atoms with E-state index in [9.17, 15) is 27.6 Å². The van der Waals surface area contributed by atoms with Crippen molar-refractivity contribution >= 4 is 39.7 Å². The van der Waals surface area contributed by atoms with Crippen LogP contribution >= 0.6 is 0 Å². The fourth-order valence-electron chi connectivity index (χ4n) is 5.22. The molecule has 0 heterocycles. The zero-order chi connectivity index (χ0) is 35.6. The Kier molecular flexibility index (Phi) is 12.4. The Labute approximate surface area is 285 Å². The second-order valence-corrected chi connectivity index (χ2v) is 13.8. The third-order valence-corrected chi connectivity index (χ3v) is 8.64. The van der Waals surface area contributed by atoms with E-state index in [0.717, 1.165) is 28.5 Å². The molecular formula is C35H40N4O9S. The highest BCUT2D eigenvalue weighted by molar-refractivity contribution is 7.90. The van der Waals surface area contributed by atoms with Crippen molar-refractivity contribution < 1.29 is 41.8 Å². The fraction of sp³-hybridized carbons (Fsp3) is 0.314. The molecule has 1 atom stereocenters. The number of ether oxygens (including phenoxy) is 3. The van der Waals surface area contributed by atoms with Crippen molar-refractivity contribution in [2.24, 2.45) is 0 Å². The second-order valence-electron chi connectivity index (χ2n) is 11.5. The molecule has 0 aliphatic heterocycles. The van der Waals surface area contributed by atoms with Crippen molar-refractivity contribution in [1.29, 1.82) is 0 Å². The summed E-state index contributed by atoms with van der Waals surface area (Å²) in [5, 5.41) is 7.69. The van der Waals surface area contributed by atoms with Crippen LogP contribution in [0, 0.1) is 0 Å². The number of hydrogen-bond donors (Lipinski definition) is 3. The summed E-state index contributed by atoms with van der Waals surface area (Å²) >= 11 is 0. The molecule has 4 amide bonds. The minimum Gasteiger partial charge on any atom is -0.449 e. The molecule has 0 saturated carbocycles. The highest BCUT2D eigenvalue weighted by Crippen LogP contribution is 2.44. The zero-order valence-corrected chi connectivity index (χ0v) is 28.4. The number of nitrogens with zero attached hydrogens (tertiary/aromatic N) is 1. The standard InChI is InChI=1S/C35H40N4O9S/c1-5-17-46-35(43)39(3)20-25-19-26(15-14-24(25)21-47-33(41)36-16-18-49(4,44)45)38-32(40)23(2)37-34(42)48-22-31-29-12-8-6-10-27(29)28-11-7-9-13-30(28)31/h5-15,19,23,31H,1,16-18,20-22H2,2-4H3,(H,36,41)(H,37,42)(H,38,40)/t23-/m0/s1. The van der Waals surface area contributed by atoms with Crippen molar-refractivity contribution in [1.82, 2.24) is 15.5 Å². The van der Waals surface area contributed by atoms with E-state index in [-0.39, 0.29) is 44.6 Å². The summed E-state index contributed by atoms with van der Waals surface area (Å²) in [5.74, 6) is -0.894. The molecule has 0 aromatic heterocycles. The molecule has 1 aliphatic carbocycles. The van der Waals surface area contributed by atoms with Crippen LogP contribution in [-0.2, 0) is 42.0 Å². The minimum atomic E-state index is -3.27. The Morgan fingerprint density at radius 1 is 0.918 bits per heavy atom. The van der Waals surface area contributed by atoms with Gasteiger partial charge in [0.2, 0.25) is 5.91 Å². The first-order chi connectivity index (χ1) is 23.4. The summed E-state index contributed by atoms with van der Waals surface area (Å²) in [7, 11) is -1.75. The molecular weight excluding hydrogens is 652 g/mol. The molecule has 1 aliphatic rings. The lowest BCUT2D eigenvalue weighted by Gasteiger charge is -2.20. The van der Waals surface area contributed by atoms with Gasteiger partial charge in [-0.2, -0.15) is 0 Å². The first-order valence-corrected chi connectivity index (χ1v) is 17.5. The number of sulfone groups is 1. The Balaban J connectivity index is 1.37. The lowest BCUT2D eigenvalue weighted by Crippen LogP contribution is -2.42. The third kappa shape index (κ3) is 10.3. The largest absolute Gasteiger partial charge is 0.449 e. The van der Waals surface area contributed by atoms with Crippen molar-refractivity contribution in [3.05, 3.63) is 102 Å². The molecule has 4 rings (SSSR count). The predicted molar refractivity (Wildman–Crippen MR) is 184 cm³/mol. The number of alkyl carbamates (subject to hydrolysis) is 2. The summed E-state index contributed by atoms with van der Waals surface area (Å²) in [5.41, 5.74) is 5.74. The van der Waals surface area contributed by atoms with Crippen molar-refractivity contribution in [2.75, 3.05) is 44.1 Å². The maximum absolute atomic E-state index is 13.1. The zero-order valence-electron chi connectivity index (χ0n) is 27.6. The highest BCUT2D eigenvalue weighted by Gasteiger charge is 2.29. The van der Waals surface area contributed by atoms with E-state index in [4.69, 9.17) is 14.2 Å². The quantitative estimate of drug-likeness (QED) is 0.162. The van der Waals surface area contributed by atoms with Gasteiger partial charge in [0.05, 0.1) is 5.75 Å². The van der Waals surface area contributed by atoms with Crippen LogP contribution in [0.2, 0.25) is 0 Å². The maximum atomic E-state index is 13.1. The summed E-state index contributed by atoms with van der Waals surface area (Å²) in [6.45, 7) is 4.86. The molecule has 3 N–H and O–H groups in total. The average molecular weight is 693 g/mol. The first-order valence-electron chi connectivity index (χ1n) is 15.5. The second kappa shape index (κ2) is 16.6. The Morgan fingerprint density at radius 2 is 1.57 bits per heavy atom. The van der Waals surface area contributed by atoms with Crippen LogP contribution in [0.15, 0.2) is 79.4 Å². The van der Waals surface area contributed by atoms with Crippen molar-refractivity contribution in [2.45, 2.75) is 32.0 Å². The molecule has 13 nitrogen and oxygen atoms in total. The number of hydrogen-bond acceptors (Lipinski definition) is 9. The van der Waals surface area contributed by atoms with E-state index in [1.54, 1.807) is 18.2 Å². The number of nitrogens with one attached hydrogen (secondary N) is 3. The van der Waals surface area contributed by atoms with Gasteiger partial charge in [-0.15, -0.1) is 0 Å². The van der Waals surface area contributed by atoms with Crippen LogP contribution in [0.5, 0.6) is 0 Å². The predicted octanol–water partition coefficient (Wildman–Crippen LogP) is 4.58. The van der Waals surface area contributed by atoms with Crippen LogP contribution in [-0.4, -0.2) is 82.4 Å². The van der Waals surface area contributed by atoms with Gasteiger partial charge in [0.15, 0.2) is 0 Å². The van der Waals surface area contributed by atoms with Gasteiger partial charge in [-0.1, -0.05) is 67.3 Å². The van der Waals surface area contributed by atoms with Crippen molar-refractivity contribution in [3.63, 3.8) is 0 Å². The number of benzene rings is 3. The molecule has 3 aromatic carbocycles. The molecule has 0 fully saturated rings. The van der Waals surface area contributed by atoms with Gasteiger partial charge in [-0.25, -0.2) is 22.8 Å². The van der Waals surface area contributed by atoms with Gasteiger partial charge < -0.3 is 35.1 Å². The lowest BCUT2D eigenvalue weighted by atomic mass is 9.98. The minimum absolute atomic E-state index is 0.0114. The molecule has 0 bridgehead atoms. The first kappa shape index (κ1) is 36.5. The van der Waals surface area contributed by atoms with Crippen LogP contribution in [0.4, 0.5) is 20.1 Å². The van der Waals surface area contributed by atoms with Gasteiger partial charge in [-0.05, 0) is 52.4 Å². The van der Waals surface area contributed by atoms with E-state index in [1.807, 2.05) is 48.5 Å². The van der Waals surface area contributed by atoms with Gasteiger partial charge >= 0.3 is 18.3 Å².